The second-order valence-electron chi connectivity index (χ2n) is 5.37. The Morgan fingerprint density at radius 3 is 2.68 bits per heavy atom. The van der Waals surface area contributed by atoms with Crippen molar-refractivity contribution in [3.63, 3.8) is 0 Å². The smallest absolute Gasteiger partial charge is 0.221 e. The van der Waals surface area contributed by atoms with E-state index in [0.717, 1.165) is 36.9 Å². The Kier molecular flexibility index (Phi) is 4.56. The van der Waals surface area contributed by atoms with E-state index in [1.165, 1.54) is 6.92 Å². The van der Waals surface area contributed by atoms with Crippen molar-refractivity contribution in [2.24, 2.45) is 0 Å². The molecule has 1 saturated carbocycles. The molecule has 1 aromatic rings. The van der Waals surface area contributed by atoms with Crippen LogP contribution in [0.1, 0.15) is 38.2 Å². The van der Waals surface area contributed by atoms with Crippen molar-refractivity contribution >= 4 is 11.6 Å². The number of para-hydroxylation sites is 1. The Morgan fingerprint density at radius 1 is 1.32 bits per heavy atom. The Labute approximate surface area is 114 Å². The maximum Gasteiger partial charge on any atom is 0.221 e. The van der Waals surface area contributed by atoms with E-state index in [4.69, 9.17) is 0 Å². The second kappa shape index (κ2) is 6.17. The van der Waals surface area contributed by atoms with Crippen LogP contribution in [-0.2, 0) is 11.3 Å². The summed E-state index contributed by atoms with van der Waals surface area (Å²) in [4.78, 5) is 11.1. The first kappa shape index (κ1) is 14.0. The van der Waals surface area contributed by atoms with Crippen LogP contribution in [0, 0.1) is 0 Å². The number of rotatable bonds is 5. The molecular weight excluding hydrogens is 240 g/mol. The number of anilines is 1. The van der Waals surface area contributed by atoms with Crippen molar-refractivity contribution < 1.29 is 9.90 Å². The van der Waals surface area contributed by atoms with Gasteiger partial charge in [-0.1, -0.05) is 31.0 Å². The van der Waals surface area contributed by atoms with E-state index in [9.17, 15) is 9.90 Å². The largest absolute Gasteiger partial charge is 0.389 e. The van der Waals surface area contributed by atoms with Crippen LogP contribution >= 0.6 is 0 Å². The number of amides is 1. The van der Waals surface area contributed by atoms with Crippen LogP contribution in [0.2, 0.25) is 0 Å². The van der Waals surface area contributed by atoms with Gasteiger partial charge in [-0.15, -0.1) is 0 Å². The first-order chi connectivity index (χ1) is 9.09. The Morgan fingerprint density at radius 2 is 2.00 bits per heavy atom. The van der Waals surface area contributed by atoms with Crippen LogP contribution in [0.15, 0.2) is 24.3 Å². The number of aliphatic hydroxyl groups is 1. The summed E-state index contributed by atoms with van der Waals surface area (Å²) in [5, 5.41) is 16.4. The molecule has 1 aliphatic carbocycles. The lowest BCUT2D eigenvalue weighted by molar-refractivity contribution is -0.114. The predicted octanol–water partition coefficient (Wildman–Crippen LogP) is 2.04. The molecule has 0 saturated heterocycles. The highest BCUT2D eigenvalue weighted by atomic mass is 16.3. The van der Waals surface area contributed by atoms with Crippen LogP contribution in [0.25, 0.3) is 0 Å². The molecule has 1 aromatic carbocycles. The first-order valence-corrected chi connectivity index (χ1v) is 6.88. The molecule has 0 aliphatic heterocycles. The number of carbonyl (C=O) groups is 1. The minimum atomic E-state index is -0.539. The van der Waals surface area contributed by atoms with Crippen molar-refractivity contribution in [2.45, 2.75) is 44.8 Å². The lowest BCUT2D eigenvalue weighted by Gasteiger charge is -2.22. The highest BCUT2D eigenvalue weighted by molar-refractivity contribution is 5.89. The summed E-state index contributed by atoms with van der Waals surface area (Å²) in [6.45, 7) is 2.77. The predicted molar refractivity (Wildman–Crippen MR) is 75.9 cm³/mol. The molecule has 0 bridgehead atoms. The quantitative estimate of drug-likeness (QED) is 0.761. The van der Waals surface area contributed by atoms with Gasteiger partial charge in [0.1, 0.15) is 0 Å². The number of nitrogens with one attached hydrogen (secondary N) is 2. The van der Waals surface area contributed by atoms with E-state index in [1.54, 1.807) is 0 Å². The molecule has 0 unspecified atom stereocenters. The molecule has 104 valence electrons. The van der Waals surface area contributed by atoms with Crippen molar-refractivity contribution in [3.8, 4) is 0 Å². The van der Waals surface area contributed by atoms with E-state index >= 15 is 0 Å². The van der Waals surface area contributed by atoms with E-state index in [1.807, 2.05) is 24.3 Å². The van der Waals surface area contributed by atoms with Crippen molar-refractivity contribution in [2.75, 3.05) is 11.9 Å². The minimum absolute atomic E-state index is 0.0677. The third-order valence-corrected chi connectivity index (χ3v) is 3.63. The standard InChI is InChI=1S/C15H22N2O2/c1-12(18)17-14-7-3-2-6-13(14)10-16-11-15(19)8-4-5-9-15/h2-3,6-7,16,19H,4-5,8-11H2,1H3,(H,17,18). The molecule has 4 heteroatoms. The van der Waals surface area contributed by atoms with Gasteiger partial charge in [-0.3, -0.25) is 4.79 Å². The van der Waals surface area contributed by atoms with Crippen molar-refractivity contribution in [1.82, 2.24) is 5.32 Å². The maximum absolute atomic E-state index is 11.1. The van der Waals surface area contributed by atoms with Gasteiger partial charge in [0.2, 0.25) is 5.91 Å². The lowest BCUT2D eigenvalue weighted by Crippen LogP contribution is -2.37. The van der Waals surface area contributed by atoms with E-state index in [-0.39, 0.29) is 5.91 Å². The third kappa shape index (κ3) is 4.04. The highest BCUT2D eigenvalue weighted by Gasteiger charge is 2.30. The van der Waals surface area contributed by atoms with E-state index in [2.05, 4.69) is 10.6 Å². The molecule has 1 amide bonds. The highest BCUT2D eigenvalue weighted by Crippen LogP contribution is 2.28. The second-order valence-corrected chi connectivity index (χ2v) is 5.37. The van der Waals surface area contributed by atoms with Gasteiger partial charge in [-0.05, 0) is 24.5 Å². The topological polar surface area (TPSA) is 61.4 Å². The monoisotopic (exact) mass is 262 g/mol. The average molecular weight is 262 g/mol. The molecule has 19 heavy (non-hydrogen) atoms. The normalized spacial score (nSPS) is 17.4. The molecule has 4 nitrogen and oxygen atoms in total. The van der Waals surface area contributed by atoms with Crippen LogP contribution in [0.4, 0.5) is 5.69 Å². The zero-order valence-electron chi connectivity index (χ0n) is 11.4. The summed E-state index contributed by atoms with van der Waals surface area (Å²) in [6, 6.07) is 7.73. The molecule has 2 rings (SSSR count). The van der Waals surface area contributed by atoms with Gasteiger partial charge < -0.3 is 15.7 Å². The van der Waals surface area contributed by atoms with Gasteiger partial charge in [0, 0.05) is 25.7 Å². The van der Waals surface area contributed by atoms with Gasteiger partial charge in [0.05, 0.1) is 5.60 Å². The minimum Gasteiger partial charge on any atom is -0.389 e. The van der Waals surface area contributed by atoms with Crippen molar-refractivity contribution in [3.05, 3.63) is 29.8 Å². The average Bonchev–Trinajstić information content (AvgIpc) is 2.78. The lowest BCUT2D eigenvalue weighted by atomic mass is 10.0. The summed E-state index contributed by atoms with van der Waals surface area (Å²) >= 11 is 0. The molecule has 0 atom stereocenters. The maximum atomic E-state index is 11.1. The molecule has 0 spiro atoms. The van der Waals surface area contributed by atoms with Gasteiger partial charge in [-0.25, -0.2) is 0 Å². The zero-order valence-corrected chi connectivity index (χ0v) is 11.4. The van der Waals surface area contributed by atoms with E-state index in [0.29, 0.717) is 13.1 Å². The molecule has 0 radical (unpaired) electrons. The van der Waals surface area contributed by atoms with Gasteiger partial charge >= 0.3 is 0 Å². The van der Waals surface area contributed by atoms with Crippen LogP contribution in [-0.4, -0.2) is 23.2 Å². The molecule has 0 heterocycles. The molecule has 1 fully saturated rings. The number of benzene rings is 1. The summed E-state index contributed by atoms with van der Waals surface area (Å²) in [6.07, 6.45) is 3.99. The van der Waals surface area contributed by atoms with E-state index < -0.39 is 5.60 Å². The summed E-state index contributed by atoms with van der Waals surface area (Å²) in [7, 11) is 0. The van der Waals surface area contributed by atoms with Crippen LogP contribution in [0.5, 0.6) is 0 Å². The fourth-order valence-corrected chi connectivity index (χ4v) is 2.63. The van der Waals surface area contributed by atoms with Crippen LogP contribution in [0.3, 0.4) is 0 Å². The SMILES string of the molecule is CC(=O)Nc1ccccc1CNCC1(O)CCCC1. The fraction of sp³-hybridized carbons (Fsp3) is 0.533. The van der Waals surface area contributed by atoms with Crippen molar-refractivity contribution in [1.29, 1.82) is 0 Å². The Hall–Kier alpha value is -1.39. The first-order valence-electron chi connectivity index (χ1n) is 6.88. The number of hydrogen-bond donors (Lipinski definition) is 3. The summed E-state index contributed by atoms with van der Waals surface area (Å²) in [5.41, 5.74) is 1.34. The van der Waals surface area contributed by atoms with Gasteiger partial charge in [0.25, 0.3) is 0 Å². The number of hydrogen-bond acceptors (Lipinski definition) is 3. The summed E-state index contributed by atoms with van der Waals surface area (Å²) in [5.74, 6) is -0.0677. The zero-order chi connectivity index (χ0) is 13.7. The third-order valence-electron chi connectivity index (χ3n) is 3.63. The van der Waals surface area contributed by atoms with Gasteiger partial charge in [-0.2, -0.15) is 0 Å². The van der Waals surface area contributed by atoms with Gasteiger partial charge in [0.15, 0.2) is 0 Å². The molecule has 1 aliphatic rings. The molecule has 0 aromatic heterocycles. The summed E-state index contributed by atoms with van der Waals surface area (Å²) < 4.78 is 0. The van der Waals surface area contributed by atoms with Crippen LogP contribution < -0.4 is 10.6 Å². The molecule has 3 N–H and O–H groups in total. The Bertz CT molecular complexity index is 440. The fourth-order valence-electron chi connectivity index (χ4n) is 2.63. The molecular formula is C15H22N2O2. The Balaban J connectivity index is 1.90. The number of carbonyl (C=O) groups excluding carboxylic acids is 1.